The van der Waals surface area contributed by atoms with Gasteiger partial charge in [-0.2, -0.15) is 0 Å². The molecule has 14 rings (SSSR count). The molecule has 0 aliphatic heterocycles. The third-order valence-corrected chi connectivity index (χ3v) is 15.5. The summed E-state index contributed by atoms with van der Waals surface area (Å²) in [6.45, 7) is 0. The van der Waals surface area contributed by atoms with E-state index in [4.69, 9.17) is 9.97 Å². The van der Waals surface area contributed by atoms with Crippen LogP contribution in [0.4, 0.5) is 0 Å². The van der Waals surface area contributed by atoms with Crippen molar-refractivity contribution in [3.05, 3.63) is 265 Å². The van der Waals surface area contributed by atoms with Crippen LogP contribution in [-0.4, -0.2) is 9.97 Å². The van der Waals surface area contributed by atoms with Crippen LogP contribution in [0.1, 0.15) is 22.3 Å². The van der Waals surface area contributed by atoms with Crippen LogP contribution in [0.5, 0.6) is 0 Å². The number of thiophene rings is 1. The largest absolute Gasteiger partial charge is 0.228 e. The van der Waals surface area contributed by atoms with Gasteiger partial charge in [-0.3, -0.25) is 0 Å². The molecule has 2 aliphatic rings. The van der Waals surface area contributed by atoms with E-state index >= 15 is 0 Å². The fourth-order valence-corrected chi connectivity index (χ4v) is 12.5. The first-order valence-corrected chi connectivity index (χ1v) is 24.1. The number of hydrogen-bond acceptors (Lipinski definition) is 3. The molecule has 2 heterocycles. The van der Waals surface area contributed by atoms with E-state index in [9.17, 15) is 0 Å². The average Bonchev–Trinajstić information content (AvgIpc) is 4.05. The topological polar surface area (TPSA) is 25.8 Å². The first kappa shape index (κ1) is 38.7. The summed E-state index contributed by atoms with van der Waals surface area (Å²) in [6.07, 6.45) is 0. The summed E-state index contributed by atoms with van der Waals surface area (Å²) in [5.41, 5.74) is 21.5. The van der Waals surface area contributed by atoms with Gasteiger partial charge in [0.25, 0.3) is 0 Å². The normalized spacial score (nSPS) is 12.8. The summed E-state index contributed by atoms with van der Waals surface area (Å²) in [5, 5.41) is 2.56. The molecule has 0 N–H and O–H groups in total. The molecule has 0 radical (unpaired) electrons. The predicted octanol–water partition coefficient (Wildman–Crippen LogP) is 17.2. The first-order valence-electron chi connectivity index (χ1n) is 23.3. The van der Waals surface area contributed by atoms with E-state index < -0.39 is 5.41 Å². The zero-order chi connectivity index (χ0) is 44.8. The number of benzene rings is 10. The van der Waals surface area contributed by atoms with Crippen LogP contribution in [0.15, 0.2) is 243 Å². The maximum atomic E-state index is 5.57. The van der Waals surface area contributed by atoms with Gasteiger partial charge in [-0.25, -0.2) is 9.97 Å². The Morgan fingerprint density at radius 2 is 0.779 bits per heavy atom. The molecule has 0 atom stereocenters. The minimum Gasteiger partial charge on any atom is -0.228 e. The van der Waals surface area contributed by atoms with Crippen LogP contribution >= 0.6 is 11.3 Å². The highest BCUT2D eigenvalue weighted by Crippen LogP contribution is 2.64. The summed E-state index contributed by atoms with van der Waals surface area (Å²) in [5.74, 6) is 0.690. The van der Waals surface area contributed by atoms with Crippen molar-refractivity contribution in [1.29, 1.82) is 0 Å². The van der Waals surface area contributed by atoms with Gasteiger partial charge in [0, 0.05) is 36.9 Å². The summed E-state index contributed by atoms with van der Waals surface area (Å²) >= 11 is 1.85. The Hall–Kier alpha value is -8.50. The molecule has 0 saturated heterocycles. The van der Waals surface area contributed by atoms with Gasteiger partial charge in [0.2, 0.25) is 0 Å². The quantitative estimate of drug-likeness (QED) is 0.166. The Kier molecular flexibility index (Phi) is 8.71. The minimum atomic E-state index is -0.535. The maximum absolute atomic E-state index is 5.57. The van der Waals surface area contributed by atoms with Gasteiger partial charge in [0.05, 0.1) is 16.8 Å². The van der Waals surface area contributed by atoms with Gasteiger partial charge in [-0.15, -0.1) is 11.3 Å². The highest BCUT2D eigenvalue weighted by Gasteiger charge is 2.52. The standard InChI is InChI=1S/C65H40N2S/c1-3-18-41(19-4-1)47-22-7-8-23-48(47)45-36-44(43-34-35-62-55(39-43)52-27-12-16-33-61(52)68-62)37-46(38-45)59-40-60(67-64(66-59)42-20-5-2-6-21-42)54-29-17-28-53-51-26-11-15-32-58(51)65(63(53)54)56-30-13-9-24-49(56)50-25-10-14-31-57(50)65/h1-40H. The van der Waals surface area contributed by atoms with Gasteiger partial charge in [0.15, 0.2) is 5.82 Å². The van der Waals surface area contributed by atoms with Crippen molar-refractivity contribution in [2.45, 2.75) is 5.41 Å². The zero-order valence-corrected chi connectivity index (χ0v) is 37.7. The molecule has 0 unspecified atom stereocenters. The predicted molar refractivity (Wildman–Crippen MR) is 284 cm³/mol. The Balaban J connectivity index is 1.04. The van der Waals surface area contributed by atoms with Crippen LogP contribution in [0.3, 0.4) is 0 Å². The van der Waals surface area contributed by atoms with E-state index in [0.29, 0.717) is 5.82 Å². The van der Waals surface area contributed by atoms with Crippen LogP contribution in [0.2, 0.25) is 0 Å². The lowest BCUT2D eigenvalue weighted by atomic mass is 9.69. The lowest BCUT2D eigenvalue weighted by Crippen LogP contribution is -2.26. The summed E-state index contributed by atoms with van der Waals surface area (Å²) in [6, 6.07) is 88.8. The van der Waals surface area contributed by atoms with Crippen LogP contribution in [0.25, 0.3) is 110 Å². The van der Waals surface area contributed by atoms with E-state index in [1.54, 1.807) is 0 Å². The molecule has 1 spiro atoms. The van der Waals surface area contributed by atoms with Gasteiger partial charge < -0.3 is 0 Å². The molecule has 0 amide bonds. The minimum absolute atomic E-state index is 0.535. The van der Waals surface area contributed by atoms with Gasteiger partial charge >= 0.3 is 0 Å². The Morgan fingerprint density at radius 1 is 0.279 bits per heavy atom. The summed E-state index contributed by atoms with van der Waals surface area (Å²) in [4.78, 5) is 11.1. The number of hydrogen-bond donors (Lipinski definition) is 0. The van der Waals surface area contributed by atoms with Crippen molar-refractivity contribution in [1.82, 2.24) is 9.97 Å². The number of nitrogens with zero attached hydrogens (tertiary/aromatic N) is 2. The number of rotatable bonds is 6. The fourth-order valence-electron chi connectivity index (χ4n) is 11.4. The van der Waals surface area contributed by atoms with Crippen LogP contribution in [-0.2, 0) is 5.41 Å². The van der Waals surface area contributed by atoms with E-state index in [2.05, 4.69) is 243 Å². The van der Waals surface area contributed by atoms with Crippen LogP contribution in [0, 0.1) is 0 Å². The second-order valence-electron chi connectivity index (χ2n) is 18.0. The molecule has 2 aromatic heterocycles. The van der Waals surface area contributed by atoms with E-state index in [1.165, 1.54) is 81.4 Å². The van der Waals surface area contributed by atoms with E-state index in [0.717, 1.165) is 44.8 Å². The third-order valence-electron chi connectivity index (χ3n) is 14.3. The van der Waals surface area contributed by atoms with Crippen molar-refractivity contribution >= 4 is 31.5 Å². The molecule has 0 saturated carbocycles. The Labute approximate surface area is 399 Å². The summed E-state index contributed by atoms with van der Waals surface area (Å²) < 4.78 is 2.59. The smallest absolute Gasteiger partial charge is 0.160 e. The second-order valence-corrected chi connectivity index (χ2v) is 19.0. The lowest BCUT2D eigenvalue weighted by molar-refractivity contribution is 0.795. The molecule has 68 heavy (non-hydrogen) atoms. The van der Waals surface area contributed by atoms with Crippen molar-refractivity contribution in [3.8, 4) is 89.5 Å². The highest BCUT2D eigenvalue weighted by atomic mass is 32.1. The average molecular weight is 881 g/mol. The number of fused-ring (bicyclic) bond motifs is 13. The van der Waals surface area contributed by atoms with Crippen molar-refractivity contribution in [2.75, 3.05) is 0 Å². The Morgan fingerprint density at radius 3 is 1.49 bits per heavy atom. The zero-order valence-electron chi connectivity index (χ0n) is 36.9. The SMILES string of the molecule is c1ccc(-c2nc(-c3cc(-c4ccc5sc6ccccc6c5c4)cc(-c4ccccc4-c4ccccc4)c3)cc(-c3cccc4c3C3(c5ccccc5-c5ccccc53)c3ccccc3-4)n2)cc1. The second kappa shape index (κ2) is 15.3. The van der Waals surface area contributed by atoms with Gasteiger partial charge in [-0.05, 0) is 120 Å². The number of aromatic nitrogens is 2. The molecule has 10 aromatic carbocycles. The highest BCUT2D eigenvalue weighted by molar-refractivity contribution is 7.25. The molecule has 2 nitrogen and oxygen atoms in total. The van der Waals surface area contributed by atoms with Gasteiger partial charge in [0.1, 0.15) is 0 Å². The molecule has 12 aromatic rings. The molecule has 0 fully saturated rings. The first-order chi connectivity index (χ1) is 33.7. The molecular weight excluding hydrogens is 841 g/mol. The summed E-state index contributed by atoms with van der Waals surface area (Å²) in [7, 11) is 0. The van der Waals surface area contributed by atoms with Crippen molar-refractivity contribution in [2.24, 2.45) is 0 Å². The monoisotopic (exact) mass is 880 g/mol. The van der Waals surface area contributed by atoms with Crippen molar-refractivity contribution < 1.29 is 0 Å². The molecule has 316 valence electrons. The van der Waals surface area contributed by atoms with Crippen molar-refractivity contribution in [3.63, 3.8) is 0 Å². The molecule has 0 bridgehead atoms. The van der Waals surface area contributed by atoms with Crippen LogP contribution < -0.4 is 0 Å². The molecule has 3 heteroatoms. The van der Waals surface area contributed by atoms with E-state index in [-0.39, 0.29) is 0 Å². The van der Waals surface area contributed by atoms with E-state index in [1.807, 2.05) is 11.3 Å². The maximum Gasteiger partial charge on any atom is 0.160 e. The molecular formula is C65H40N2S. The Bertz CT molecular complexity index is 3910. The molecule has 2 aliphatic carbocycles. The lowest BCUT2D eigenvalue weighted by Gasteiger charge is -2.32. The third kappa shape index (κ3) is 5.83. The van der Waals surface area contributed by atoms with Gasteiger partial charge in [-0.1, -0.05) is 200 Å². The fraction of sp³-hybridized carbons (Fsp3) is 0.0154.